The number of rotatable bonds is 6. The molecule has 0 atom stereocenters. The predicted octanol–water partition coefficient (Wildman–Crippen LogP) is 1.46. The number of nitrogens with two attached hydrogens (primary N) is 1. The number of carbonyl (C=O) groups is 1. The molecule has 0 heterocycles. The molecule has 0 spiro atoms. The average Bonchev–Trinajstić information content (AvgIpc) is 2.32. The second kappa shape index (κ2) is 7.01. The molecule has 0 saturated carbocycles. The number of benzene rings is 1. The van der Waals surface area contributed by atoms with Gasteiger partial charge in [0.05, 0.1) is 13.0 Å². The van der Waals surface area contributed by atoms with Gasteiger partial charge in [0, 0.05) is 13.1 Å². The van der Waals surface area contributed by atoms with Gasteiger partial charge in [-0.25, -0.2) is 0 Å². The molecular formula is C14H22N2O2. The summed E-state index contributed by atoms with van der Waals surface area (Å²) in [5.41, 5.74) is 8.80. The molecule has 0 saturated heterocycles. The number of nitrogens with one attached hydrogen (secondary N) is 1. The molecular weight excluding hydrogens is 228 g/mol. The van der Waals surface area contributed by atoms with E-state index in [1.54, 1.807) is 0 Å². The zero-order chi connectivity index (χ0) is 13.5. The zero-order valence-electron chi connectivity index (χ0n) is 11.4. The van der Waals surface area contributed by atoms with E-state index >= 15 is 0 Å². The van der Waals surface area contributed by atoms with E-state index in [4.69, 9.17) is 10.5 Å². The summed E-state index contributed by atoms with van der Waals surface area (Å²) < 4.78 is 5.66. The van der Waals surface area contributed by atoms with Crippen molar-refractivity contribution in [2.75, 3.05) is 19.7 Å². The molecule has 3 N–H and O–H groups in total. The van der Waals surface area contributed by atoms with Crippen LogP contribution in [0, 0.1) is 20.8 Å². The van der Waals surface area contributed by atoms with Crippen LogP contribution < -0.4 is 15.8 Å². The van der Waals surface area contributed by atoms with Gasteiger partial charge in [0.1, 0.15) is 5.75 Å². The van der Waals surface area contributed by atoms with Gasteiger partial charge in [-0.15, -0.1) is 0 Å². The van der Waals surface area contributed by atoms with Crippen LogP contribution in [-0.2, 0) is 4.79 Å². The number of carbonyl (C=O) groups excluding carboxylic acids is 1. The third-order valence-corrected chi connectivity index (χ3v) is 2.82. The topological polar surface area (TPSA) is 64.3 Å². The van der Waals surface area contributed by atoms with Crippen LogP contribution in [0.2, 0.25) is 0 Å². The van der Waals surface area contributed by atoms with E-state index in [0.717, 1.165) is 11.3 Å². The van der Waals surface area contributed by atoms with E-state index in [1.165, 1.54) is 11.1 Å². The maximum atomic E-state index is 11.4. The first-order chi connectivity index (χ1) is 8.54. The Morgan fingerprint density at radius 3 is 2.72 bits per heavy atom. The standard InChI is InChI=1S/C14H22N2O2/c1-10-8-11(2)12(3)13(9-10)18-7-4-14(17)16-6-5-15/h8-9H,4-7,15H2,1-3H3,(H,16,17). The molecule has 0 radical (unpaired) electrons. The van der Waals surface area contributed by atoms with E-state index in [1.807, 2.05) is 19.9 Å². The van der Waals surface area contributed by atoms with E-state index in [0.29, 0.717) is 26.1 Å². The molecule has 0 unspecified atom stereocenters. The largest absolute Gasteiger partial charge is 0.493 e. The number of ether oxygens (including phenoxy) is 1. The minimum absolute atomic E-state index is 0.0255. The molecule has 18 heavy (non-hydrogen) atoms. The molecule has 0 aliphatic carbocycles. The first-order valence-corrected chi connectivity index (χ1v) is 6.22. The highest BCUT2D eigenvalue weighted by Gasteiger charge is 2.05. The predicted molar refractivity (Wildman–Crippen MR) is 72.8 cm³/mol. The first-order valence-electron chi connectivity index (χ1n) is 6.22. The Labute approximate surface area is 109 Å². The second-order valence-corrected chi connectivity index (χ2v) is 4.44. The third kappa shape index (κ3) is 4.37. The molecule has 4 nitrogen and oxygen atoms in total. The van der Waals surface area contributed by atoms with Crippen molar-refractivity contribution in [3.63, 3.8) is 0 Å². The van der Waals surface area contributed by atoms with Crippen LogP contribution in [0.15, 0.2) is 12.1 Å². The van der Waals surface area contributed by atoms with Crippen molar-refractivity contribution in [2.24, 2.45) is 5.73 Å². The average molecular weight is 250 g/mol. The Balaban J connectivity index is 2.46. The van der Waals surface area contributed by atoms with Gasteiger partial charge < -0.3 is 15.8 Å². The summed E-state index contributed by atoms with van der Waals surface area (Å²) in [5, 5.41) is 2.71. The summed E-state index contributed by atoms with van der Waals surface area (Å²) in [6.07, 6.45) is 0.354. The fraction of sp³-hybridized carbons (Fsp3) is 0.500. The van der Waals surface area contributed by atoms with Gasteiger partial charge in [-0.1, -0.05) is 6.07 Å². The summed E-state index contributed by atoms with van der Waals surface area (Å²) in [7, 11) is 0. The molecule has 100 valence electrons. The van der Waals surface area contributed by atoms with Crippen LogP contribution in [0.5, 0.6) is 5.75 Å². The number of aryl methyl sites for hydroxylation is 2. The van der Waals surface area contributed by atoms with Crippen molar-refractivity contribution in [1.29, 1.82) is 0 Å². The summed E-state index contributed by atoms with van der Waals surface area (Å²) in [5.74, 6) is 0.835. The van der Waals surface area contributed by atoms with Crippen molar-refractivity contribution in [3.8, 4) is 5.75 Å². The van der Waals surface area contributed by atoms with Gasteiger partial charge in [-0.2, -0.15) is 0 Å². The highest BCUT2D eigenvalue weighted by atomic mass is 16.5. The van der Waals surface area contributed by atoms with Crippen molar-refractivity contribution < 1.29 is 9.53 Å². The maximum Gasteiger partial charge on any atom is 0.223 e. The van der Waals surface area contributed by atoms with Crippen LogP contribution >= 0.6 is 0 Å². The van der Waals surface area contributed by atoms with Crippen LogP contribution in [0.3, 0.4) is 0 Å². The Bertz CT molecular complexity index is 417. The lowest BCUT2D eigenvalue weighted by molar-refractivity contribution is -0.121. The van der Waals surface area contributed by atoms with E-state index in [9.17, 15) is 4.79 Å². The fourth-order valence-electron chi connectivity index (χ4n) is 1.70. The van der Waals surface area contributed by atoms with Crippen molar-refractivity contribution >= 4 is 5.91 Å². The number of amides is 1. The molecule has 0 aliphatic heterocycles. The molecule has 0 aliphatic rings. The fourth-order valence-corrected chi connectivity index (χ4v) is 1.70. The molecule has 0 bridgehead atoms. The highest BCUT2D eigenvalue weighted by molar-refractivity contribution is 5.75. The van der Waals surface area contributed by atoms with Gasteiger partial charge >= 0.3 is 0 Å². The van der Waals surface area contributed by atoms with Crippen LogP contribution in [0.4, 0.5) is 0 Å². The van der Waals surface area contributed by atoms with Crippen molar-refractivity contribution in [1.82, 2.24) is 5.32 Å². The van der Waals surface area contributed by atoms with Crippen LogP contribution in [0.1, 0.15) is 23.1 Å². The minimum atomic E-state index is -0.0255. The van der Waals surface area contributed by atoms with E-state index in [-0.39, 0.29) is 5.91 Å². The minimum Gasteiger partial charge on any atom is -0.493 e. The Hall–Kier alpha value is -1.55. The van der Waals surface area contributed by atoms with Gasteiger partial charge in [0.25, 0.3) is 0 Å². The van der Waals surface area contributed by atoms with Crippen LogP contribution in [0.25, 0.3) is 0 Å². The zero-order valence-corrected chi connectivity index (χ0v) is 11.4. The number of hydrogen-bond acceptors (Lipinski definition) is 3. The monoisotopic (exact) mass is 250 g/mol. The lowest BCUT2D eigenvalue weighted by atomic mass is 10.1. The van der Waals surface area contributed by atoms with Crippen molar-refractivity contribution in [2.45, 2.75) is 27.2 Å². The van der Waals surface area contributed by atoms with Gasteiger partial charge in [0.15, 0.2) is 0 Å². The summed E-state index contributed by atoms with van der Waals surface area (Å²) in [6.45, 7) is 7.49. The molecule has 1 amide bonds. The Kier molecular flexibility index (Phi) is 5.65. The summed E-state index contributed by atoms with van der Waals surface area (Å²) in [4.78, 5) is 11.4. The second-order valence-electron chi connectivity index (χ2n) is 4.44. The Morgan fingerprint density at radius 2 is 2.06 bits per heavy atom. The van der Waals surface area contributed by atoms with Gasteiger partial charge in [-0.3, -0.25) is 4.79 Å². The van der Waals surface area contributed by atoms with E-state index in [2.05, 4.69) is 18.3 Å². The smallest absolute Gasteiger partial charge is 0.223 e. The Morgan fingerprint density at radius 1 is 1.33 bits per heavy atom. The lowest BCUT2D eigenvalue weighted by Crippen LogP contribution is -2.29. The van der Waals surface area contributed by atoms with Crippen molar-refractivity contribution in [3.05, 3.63) is 28.8 Å². The first kappa shape index (κ1) is 14.5. The molecule has 0 fully saturated rings. The maximum absolute atomic E-state index is 11.4. The lowest BCUT2D eigenvalue weighted by Gasteiger charge is -2.12. The molecule has 0 aromatic heterocycles. The quantitative estimate of drug-likeness (QED) is 0.803. The highest BCUT2D eigenvalue weighted by Crippen LogP contribution is 2.23. The van der Waals surface area contributed by atoms with Gasteiger partial charge in [-0.05, 0) is 43.5 Å². The SMILES string of the molecule is Cc1cc(C)c(C)c(OCCC(=O)NCCN)c1. The number of hydrogen-bond donors (Lipinski definition) is 2. The normalized spacial score (nSPS) is 10.2. The molecule has 1 aromatic rings. The molecule has 1 aromatic carbocycles. The van der Waals surface area contributed by atoms with Gasteiger partial charge in [0.2, 0.25) is 5.91 Å². The third-order valence-electron chi connectivity index (χ3n) is 2.82. The summed E-state index contributed by atoms with van der Waals surface area (Å²) >= 11 is 0. The molecule has 1 rings (SSSR count). The van der Waals surface area contributed by atoms with Crippen LogP contribution in [-0.4, -0.2) is 25.6 Å². The summed E-state index contributed by atoms with van der Waals surface area (Å²) in [6, 6.07) is 4.12. The molecule has 4 heteroatoms. The van der Waals surface area contributed by atoms with E-state index < -0.39 is 0 Å².